The number of aryl methyl sites for hydroxylation is 1. The first kappa shape index (κ1) is 14.5. The van der Waals surface area contributed by atoms with E-state index in [0.29, 0.717) is 24.2 Å². The zero-order valence-electron chi connectivity index (χ0n) is 12.9. The van der Waals surface area contributed by atoms with Crippen LogP contribution in [0, 0.1) is 6.92 Å². The third-order valence-corrected chi connectivity index (χ3v) is 3.61. The molecule has 1 aromatic heterocycles. The molecule has 0 aliphatic heterocycles. The molecule has 0 atom stereocenters. The Labute approximate surface area is 130 Å². The van der Waals surface area contributed by atoms with Crippen LogP contribution in [0.4, 0.5) is 11.6 Å². The molecule has 1 amide bonds. The molecule has 0 saturated heterocycles. The molecule has 114 valence electrons. The number of para-hydroxylation sites is 1. The number of amides is 1. The monoisotopic (exact) mass is 296 g/mol. The third-order valence-electron chi connectivity index (χ3n) is 3.61. The maximum Gasteiger partial charge on any atom is 0.277 e. The van der Waals surface area contributed by atoms with Gasteiger partial charge in [-0.15, -0.1) is 0 Å². The molecule has 0 spiro atoms. The lowest BCUT2D eigenvalue weighted by atomic mass is 10.2. The lowest BCUT2D eigenvalue weighted by molar-refractivity contribution is 0.0983. The SMILES string of the molecule is CCN(C(=O)c1cc(C)nc(NC2CC2)n1)c1ccccc1. The molecule has 1 saturated carbocycles. The van der Waals surface area contributed by atoms with Crippen LogP contribution < -0.4 is 10.2 Å². The Hall–Kier alpha value is -2.43. The second kappa shape index (κ2) is 6.13. The number of carbonyl (C=O) groups is 1. The number of nitrogens with one attached hydrogen (secondary N) is 1. The molecular formula is C17H20N4O. The summed E-state index contributed by atoms with van der Waals surface area (Å²) < 4.78 is 0. The highest BCUT2D eigenvalue weighted by atomic mass is 16.2. The Morgan fingerprint density at radius 2 is 2.00 bits per heavy atom. The zero-order chi connectivity index (χ0) is 15.5. The first-order valence-electron chi connectivity index (χ1n) is 7.66. The molecule has 3 rings (SSSR count). The molecule has 1 N–H and O–H groups in total. The highest BCUT2D eigenvalue weighted by molar-refractivity contribution is 6.04. The average molecular weight is 296 g/mol. The van der Waals surface area contributed by atoms with Crippen molar-refractivity contribution in [2.45, 2.75) is 32.7 Å². The standard InChI is InChI=1S/C17H20N4O/c1-3-21(14-7-5-4-6-8-14)16(22)15-11-12(2)18-17(20-15)19-13-9-10-13/h4-8,11,13H,3,9-10H2,1-2H3,(H,18,19,20). The highest BCUT2D eigenvalue weighted by Gasteiger charge is 2.23. The maximum absolute atomic E-state index is 12.8. The highest BCUT2D eigenvalue weighted by Crippen LogP contribution is 2.23. The average Bonchev–Trinajstić information content (AvgIpc) is 3.32. The van der Waals surface area contributed by atoms with Crippen LogP contribution in [0.1, 0.15) is 35.9 Å². The minimum atomic E-state index is -0.0990. The van der Waals surface area contributed by atoms with E-state index in [1.807, 2.05) is 44.2 Å². The van der Waals surface area contributed by atoms with E-state index in [1.54, 1.807) is 11.0 Å². The predicted octanol–water partition coefficient (Wildman–Crippen LogP) is 3.03. The van der Waals surface area contributed by atoms with Gasteiger partial charge in [0.2, 0.25) is 5.95 Å². The number of hydrogen-bond donors (Lipinski definition) is 1. The summed E-state index contributed by atoms with van der Waals surface area (Å²) in [5, 5.41) is 3.26. The molecular weight excluding hydrogens is 276 g/mol. The van der Waals surface area contributed by atoms with Gasteiger partial charge in [0.25, 0.3) is 5.91 Å². The van der Waals surface area contributed by atoms with E-state index in [1.165, 1.54) is 0 Å². The van der Waals surface area contributed by atoms with Gasteiger partial charge in [-0.1, -0.05) is 18.2 Å². The van der Waals surface area contributed by atoms with E-state index in [2.05, 4.69) is 15.3 Å². The summed E-state index contributed by atoms with van der Waals surface area (Å²) in [5.41, 5.74) is 2.11. The second-order valence-electron chi connectivity index (χ2n) is 5.52. The van der Waals surface area contributed by atoms with Gasteiger partial charge in [0, 0.05) is 24.0 Å². The number of rotatable bonds is 5. The van der Waals surface area contributed by atoms with Crippen molar-refractivity contribution < 1.29 is 4.79 Å². The van der Waals surface area contributed by atoms with Gasteiger partial charge in [-0.2, -0.15) is 0 Å². The fraction of sp³-hybridized carbons (Fsp3) is 0.353. The van der Waals surface area contributed by atoms with Crippen LogP contribution in [0.25, 0.3) is 0 Å². The summed E-state index contributed by atoms with van der Waals surface area (Å²) >= 11 is 0. The van der Waals surface area contributed by atoms with Crippen molar-refractivity contribution in [3.05, 3.63) is 47.8 Å². The molecule has 0 unspecified atom stereocenters. The van der Waals surface area contributed by atoms with Crippen molar-refractivity contribution in [1.82, 2.24) is 9.97 Å². The predicted molar refractivity (Wildman–Crippen MR) is 87.2 cm³/mol. The quantitative estimate of drug-likeness (QED) is 0.921. The molecule has 1 aliphatic carbocycles. The summed E-state index contributed by atoms with van der Waals surface area (Å²) in [7, 11) is 0. The van der Waals surface area contributed by atoms with Crippen LogP contribution >= 0.6 is 0 Å². The van der Waals surface area contributed by atoms with Gasteiger partial charge in [0.1, 0.15) is 5.69 Å². The molecule has 1 aromatic carbocycles. The Balaban J connectivity index is 1.88. The Morgan fingerprint density at radius 1 is 1.27 bits per heavy atom. The smallest absolute Gasteiger partial charge is 0.277 e. The first-order chi connectivity index (χ1) is 10.7. The topological polar surface area (TPSA) is 58.1 Å². The van der Waals surface area contributed by atoms with E-state index in [9.17, 15) is 4.79 Å². The number of carbonyl (C=O) groups excluding carboxylic acids is 1. The van der Waals surface area contributed by atoms with Crippen LogP contribution in [0.5, 0.6) is 0 Å². The number of aromatic nitrogens is 2. The van der Waals surface area contributed by atoms with E-state index in [0.717, 1.165) is 24.2 Å². The first-order valence-corrected chi connectivity index (χ1v) is 7.66. The van der Waals surface area contributed by atoms with Crippen LogP contribution in [-0.2, 0) is 0 Å². The molecule has 22 heavy (non-hydrogen) atoms. The minimum absolute atomic E-state index is 0.0990. The van der Waals surface area contributed by atoms with Crippen molar-refractivity contribution in [3.8, 4) is 0 Å². The normalized spacial score (nSPS) is 13.7. The largest absolute Gasteiger partial charge is 0.351 e. The molecule has 1 fully saturated rings. The van der Waals surface area contributed by atoms with Crippen molar-refractivity contribution in [3.63, 3.8) is 0 Å². The van der Waals surface area contributed by atoms with Crippen LogP contribution in [0.15, 0.2) is 36.4 Å². The lowest BCUT2D eigenvalue weighted by Gasteiger charge is -2.21. The summed E-state index contributed by atoms with van der Waals surface area (Å²) in [6, 6.07) is 11.9. The van der Waals surface area contributed by atoms with Crippen molar-refractivity contribution >= 4 is 17.5 Å². The van der Waals surface area contributed by atoms with E-state index in [-0.39, 0.29) is 5.91 Å². The van der Waals surface area contributed by atoms with Crippen molar-refractivity contribution in [2.75, 3.05) is 16.8 Å². The van der Waals surface area contributed by atoms with Gasteiger partial charge in [0.05, 0.1) is 0 Å². The van der Waals surface area contributed by atoms with Crippen LogP contribution in [0.2, 0.25) is 0 Å². The van der Waals surface area contributed by atoms with Gasteiger partial charge >= 0.3 is 0 Å². The molecule has 0 bridgehead atoms. The van der Waals surface area contributed by atoms with Gasteiger partial charge in [-0.25, -0.2) is 9.97 Å². The zero-order valence-corrected chi connectivity index (χ0v) is 12.9. The molecule has 2 aromatic rings. The summed E-state index contributed by atoms with van der Waals surface area (Å²) in [6.07, 6.45) is 2.29. The Morgan fingerprint density at radius 3 is 2.64 bits per heavy atom. The fourth-order valence-electron chi connectivity index (χ4n) is 2.34. The van der Waals surface area contributed by atoms with Crippen LogP contribution in [0.3, 0.4) is 0 Å². The number of anilines is 2. The molecule has 1 aliphatic rings. The number of hydrogen-bond acceptors (Lipinski definition) is 4. The van der Waals surface area contributed by atoms with Gasteiger partial charge in [-0.3, -0.25) is 4.79 Å². The lowest BCUT2D eigenvalue weighted by Crippen LogP contribution is -2.31. The van der Waals surface area contributed by atoms with Gasteiger partial charge < -0.3 is 10.2 Å². The molecule has 5 heteroatoms. The Kier molecular flexibility index (Phi) is 4.04. The number of nitrogens with zero attached hydrogens (tertiary/aromatic N) is 3. The summed E-state index contributed by atoms with van der Waals surface area (Å²) in [6.45, 7) is 4.44. The minimum Gasteiger partial charge on any atom is -0.351 e. The summed E-state index contributed by atoms with van der Waals surface area (Å²) in [5.74, 6) is 0.452. The summed E-state index contributed by atoms with van der Waals surface area (Å²) in [4.78, 5) is 23.3. The Bertz CT molecular complexity index is 668. The van der Waals surface area contributed by atoms with E-state index in [4.69, 9.17) is 0 Å². The van der Waals surface area contributed by atoms with E-state index >= 15 is 0 Å². The molecule has 5 nitrogen and oxygen atoms in total. The van der Waals surface area contributed by atoms with Crippen molar-refractivity contribution in [2.24, 2.45) is 0 Å². The van der Waals surface area contributed by atoms with Gasteiger partial charge in [0.15, 0.2) is 0 Å². The molecule has 0 radical (unpaired) electrons. The third kappa shape index (κ3) is 3.24. The maximum atomic E-state index is 12.8. The van der Waals surface area contributed by atoms with Crippen LogP contribution in [-0.4, -0.2) is 28.5 Å². The second-order valence-corrected chi connectivity index (χ2v) is 5.52. The molecule has 1 heterocycles. The van der Waals surface area contributed by atoms with E-state index < -0.39 is 0 Å². The van der Waals surface area contributed by atoms with Gasteiger partial charge in [-0.05, 0) is 44.9 Å². The fourth-order valence-corrected chi connectivity index (χ4v) is 2.34. The van der Waals surface area contributed by atoms with Crippen molar-refractivity contribution in [1.29, 1.82) is 0 Å². The number of benzene rings is 1.